The Bertz CT molecular complexity index is 528. The molecule has 0 saturated heterocycles. The molecule has 15 heavy (non-hydrogen) atoms. The van der Waals surface area contributed by atoms with E-state index in [1.165, 1.54) is 0 Å². The van der Waals surface area contributed by atoms with Gasteiger partial charge in [-0.25, -0.2) is 0 Å². The normalized spacial score (nSPS) is 10.6. The van der Waals surface area contributed by atoms with Crippen molar-refractivity contribution in [1.29, 1.82) is 0 Å². The van der Waals surface area contributed by atoms with Crippen molar-refractivity contribution >= 4 is 48.5 Å². The fourth-order valence-corrected chi connectivity index (χ4v) is 2.88. The summed E-state index contributed by atoms with van der Waals surface area (Å²) in [5, 5.41) is 0.888. The molecule has 3 nitrogen and oxygen atoms in total. The molecule has 0 amide bonds. The molecule has 1 heterocycles. The van der Waals surface area contributed by atoms with Gasteiger partial charge in [0.25, 0.3) is 0 Å². The maximum atomic E-state index is 5.70. The van der Waals surface area contributed by atoms with Gasteiger partial charge in [0.05, 0.1) is 29.0 Å². The van der Waals surface area contributed by atoms with Gasteiger partial charge in [0, 0.05) is 9.86 Å². The van der Waals surface area contributed by atoms with Crippen molar-refractivity contribution in [2.75, 3.05) is 12.8 Å². The van der Waals surface area contributed by atoms with Crippen LogP contribution in [0.15, 0.2) is 27.3 Å². The van der Waals surface area contributed by atoms with Gasteiger partial charge < -0.3 is 10.5 Å². The third-order valence-electron chi connectivity index (χ3n) is 2.05. The van der Waals surface area contributed by atoms with Crippen molar-refractivity contribution < 1.29 is 4.74 Å². The van der Waals surface area contributed by atoms with Crippen LogP contribution in [0.4, 0.5) is 5.69 Å². The standard InChI is InChI=1S/C10H8Br2N2O/c1-15-10-6-2-5(13)4-14-9(6)7(11)3-8(10)12/h2-4H,13H2,1H3. The third kappa shape index (κ3) is 1.81. The van der Waals surface area contributed by atoms with E-state index in [0.29, 0.717) is 5.69 Å². The quantitative estimate of drug-likeness (QED) is 0.871. The van der Waals surface area contributed by atoms with Crippen molar-refractivity contribution in [3.63, 3.8) is 0 Å². The molecule has 0 aliphatic rings. The number of fused-ring (bicyclic) bond motifs is 1. The average Bonchev–Trinajstić information content (AvgIpc) is 2.17. The number of rotatable bonds is 1. The van der Waals surface area contributed by atoms with Crippen LogP contribution in [-0.4, -0.2) is 12.1 Å². The van der Waals surface area contributed by atoms with Crippen LogP contribution in [0.1, 0.15) is 0 Å². The van der Waals surface area contributed by atoms with Crippen molar-refractivity contribution in [3.8, 4) is 5.75 Å². The molecule has 1 aromatic carbocycles. The van der Waals surface area contributed by atoms with Gasteiger partial charge >= 0.3 is 0 Å². The van der Waals surface area contributed by atoms with E-state index in [2.05, 4.69) is 36.8 Å². The number of hydrogen-bond acceptors (Lipinski definition) is 3. The Balaban J connectivity index is 2.91. The molecule has 0 spiro atoms. The number of ether oxygens (including phenoxy) is 1. The van der Waals surface area contributed by atoms with Crippen LogP contribution < -0.4 is 10.5 Å². The molecule has 2 rings (SSSR count). The minimum Gasteiger partial charge on any atom is -0.495 e. The minimum atomic E-state index is 0.616. The van der Waals surface area contributed by atoms with Gasteiger partial charge in [-0.1, -0.05) is 0 Å². The van der Waals surface area contributed by atoms with Crippen molar-refractivity contribution in [2.24, 2.45) is 0 Å². The van der Waals surface area contributed by atoms with E-state index in [1.807, 2.05) is 12.1 Å². The predicted molar refractivity (Wildman–Crippen MR) is 68.1 cm³/mol. The molecule has 0 fully saturated rings. The van der Waals surface area contributed by atoms with E-state index >= 15 is 0 Å². The number of nitrogen functional groups attached to an aromatic ring is 1. The Morgan fingerprint density at radius 1 is 1.27 bits per heavy atom. The fraction of sp³-hybridized carbons (Fsp3) is 0.100. The molecule has 2 aromatic rings. The zero-order valence-electron chi connectivity index (χ0n) is 7.92. The summed E-state index contributed by atoms with van der Waals surface area (Å²) in [5.74, 6) is 0.744. The van der Waals surface area contributed by atoms with E-state index in [4.69, 9.17) is 10.5 Å². The van der Waals surface area contributed by atoms with Crippen molar-refractivity contribution in [2.45, 2.75) is 0 Å². The molecule has 5 heteroatoms. The largest absolute Gasteiger partial charge is 0.495 e. The van der Waals surface area contributed by atoms with E-state index in [-0.39, 0.29) is 0 Å². The molecule has 78 valence electrons. The van der Waals surface area contributed by atoms with Gasteiger partial charge in [-0.15, -0.1) is 0 Å². The second-order valence-corrected chi connectivity index (χ2v) is 4.75. The number of halogens is 2. The summed E-state index contributed by atoms with van der Waals surface area (Å²) in [6.07, 6.45) is 1.63. The maximum Gasteiger partial charge on any atom is 0.142 e. The molecule has 0 saturated carbocycles. The zero-order valence-corrected chi connectivity index (χ0v) is 11.1. The number of nitrogens with zero attached hydrogens (tertiary/aromatic N) is 1. The molecule has 0 bridgehead atoms. The van der Waals surface area contributed by atoms with Gasteiger partial charge in [0.1, 0.15) is 5.75 Å². The number of nitrogens with two attached hydrogens (primary N) is 1. The van der Waals surface area contributed by atoms with Crippen LogP contribution in [0.25, 0.3) is 10.9 Å². The summed E-state index contributed by atoms with van der Waals surface area (Å²) < 4.78 is 7.08. The van der Waals surface area contributed by atoms with Gasteiger partial charge in [-0.05, 0) is 44.0 Å². The van der Waals surface area contributed by atoms with Crippen LogP contribution in [0.5, 0.6) is 5.75 Å². The Labute approximate surface area is 104 Å². The first-order chi connectivity index (χ1) is 7.13. The zero-order chi connectivity index (χ0) is 11.0. The summed E-state index contributed by atoms with van der Waals surface area (Å²) in [6.45, 7) is 0. The maximum absolute atomic E-state index is 5.70. The topological polar surface area (TPSA) is 48.1 Å². The molecule has 0 radical (unpaired) electrons. The highest BCUT2D eigenvalue weighted by molar-refractivity contribution is 9.11. The van der Waals surface area contributed by atoms with Crippen molar-refractivity contribution in [3.05, 3.63) is 27.3 Å². The van der Waals surface area contributed by atoms with Crippen LogP contribution in [0, 0.1) is 0 Å². The Morgan fingerprint density at radius 2 is 2.00 bits per heavy atom. The summed E-state index contributed by atoms with van der Waals surface area (Å²) >= 11 is 6.88. The lowest BCUT2D eigenvalue weighted by molar-refractivity contribution is 0.417. The molecule has 2 N–H and O–H groups in total. The first kappa shape index (κ1) is 10.7. The number of pyridine rings is 1. The molecule has 0 aliphatic carbocycles. The highest BCUT2D eigenvalue weighted by atomic mass is 79.9. The highest BCUT2D eigenvalue weighted by Crippen LogP contribution is 2.37. The molecule has 0 aliphatic heterocycles. The van der Waals surface area contributed by atoms with Gasteiger partial charge in [-0.3, -0.25) is 4.98 Å². The highest BCUT2D eigenvalue weighted by Gasteiger charge is 2.11. The van der Waals surface area contributed by atoms with Gasteiger partial charge in [0.15, 0.2) is 0 Å². The molecular formula is C10H8Br2N2O. The second-order valence-electron chi connectivity index (χ2n) is 3.04. The van der Waals surface area contributed by atoms with Crippen LogP contribution in [0.3, 0.4) is 0 Å². The van der Waals surface area contributed by atoms with E-state index in [1.54, 1.807) is 13.3 Å². The number of methoxy groups -OCH3 is 1. The summed E-state index contributed by atoms with van der Waals surface area (Å²) in [6, 6.07) is 3.75. The third-order valence-corrected chi connectivity index (χ3v) is 3.25. The van der Waals surface area contributed by atoms with E-state index in [9.17, 15) is 0 Å². The summed E-state index contributed by atoms with van der Waals surface area (Å²) in [7, 11) is 1.62. The number of benzene rings is 1. The monoisotopic (exact) mass is 330 g/mol. The second kappa shape index (κ2) is 3.98. The first-order valence-corrected chi connectivity index (χ1v) is 5.79. The smallest absolute Gasteiger partial charge is 0.142 e. The SMILES string of the molecule is COc1c(Br)cc(Br)c2ncc(N)cc12. The fourth-order valence-electron chi connectivity index (χ4n) is 1.43. The predicted octanol–water partition coefficient (Wildman–Crippen LogP) is 3.35. The molecule has 0 unspecified atom stereocenters. The molecule has 1 aromatic heterocycles. The lowest BCUT2D eigenvalue weighted by atomic mass is 10.2. The van der Waals surface area contributed by atoms with Gasteiger partial charge in [-0.2, -0.15) is 0 Å². The first-order valence-electron chi connectivity index (χ1n) is 4.20. The number of aromatic nitrogens is 1. The minimum absolute atomic E-state index is 0.616. The Morgan fingerprint density at radius 3 is 2.67 bits per heavy atom. The Kier molecular flexibility index (Phi) is 2.84. The molecular weight excluding hydrogens is 324 g/mol. The van der Waals surface area contributed by atoms with Crippen LogP contribution in [0.2, 0.25) is 0 Å². The van der Waals surface area contributed by atoms with Crippen molar-refractivity contribution in [1.82, 2.24) is 4.98 Å². The van der Waals surface area contributed by atoms with Crippen LogP contribution >= 0.6 is 31.9 Å². The summed E-state index contributed by atoms with van der Waals surface area (Å²) in [5.41, 5.74) is 7.15. The lowest BCUT2D eigenvalue weighted by Gasteiger charge is -2.09. The Hall–Kier alpha value is -0.810. The lowest BCUT2D eigenvalue weighted by Crippen LogP contribution is -1.92. The average molecular weight is 332 g/mol. The summed E-state index contributed by atoms with van der Waals surface area (Å²) in [4.78, 5) is 4.26. The van der Waals surface area contributed by atoms with E-state index < -0.39 is 0 Å². The molecule has 0 atom stereocenters. The number of anilines is 1. The van der Waals surface area contributed by atoms with E-state index in [0.717, 1.165) is 25.6 Å². The van der Waals surface area contributed by atoms with Gasteiger partial charge in [0.2, 0.25) is 0 Å². The number of hydrogen-bond donors (Lipinski definition) is 1. The van der Waals surface area contributed by atoms with Crippen LogP contribution in [-0.2, 0) is 0 Å².